The van der Waals surface area contributed by atoms with Crippen LogP contribution < -0.4 is 4.18 Å². The van der Waals surface area contributed by atoms with Gasteiger partial charge in [0.15, 0.2) is 11.5 Å². The Labute approximate surface area is 101 Å². The lowest BCUT2D eigenvalue weighted by atomic mass is 10.1. The van der Waals surface area contributed by atoms with Crippen LogP contribution in [0.5, 0.6) is 11.5 Å². The second-order valence-corrected chi connectivity index (χ2v) is 4.24. The molecule has 0 spiro atoms. The van der Waals surface area contributed by atoms with Gasteiger partial charge in [-0.2, -0.15) is 8.42 Å². The number of hydrogen-bond acceptors (Lipinski definition) is 6. The fraction of sp³-hybridized carbons (Fsp3) is 0.111. The molecule has 0 heterocycles. The Balaban J connectivity index is 3.01. The molecule has 0 amide bonds. The summed E-state index contributed by atoms with van der Waals surface area (Å²) in [5.74, 6) is -3.94. The highest BCUT2D eigenvalue weighted by atomic mass is 32.3. The number of ketones is 1. The fourth-order valence-corrected chi connectivity index (χ4v) is 1.47. The molecule has 0 atom stereocenters. The molecule has 1 aromatic rings. The highest BCUT2D eigenvalue weighted by molar-refractivity contribution is 7.81. The third kappa shape index (κ3) is 4.03. The van der Waals surface area contributed by atoms with Gasteiger partial charge < -0.3 is 14.4 Å². The summed E-state index contributed by atoms with van der Waals surface area (Å²) in [7, 11) is -4.82. The first-order valence-electron chi connectivity index (χ1n) is 4.44. The molecule has 0 bridgehead atoms. The smallest absolute Gasteiger partial charge is 0.446 e. The zero-order chi connectivity index (χ0) is 13.9. The van der Waals surface area contributed by atoms with E-state index >= 15 is 0 Å². The van der Waals surface area contributed by atoms with Gasteiger partial charge in [-0.05, 0) is 17.7 Å². The quantitative estimate of drug-likeness (QED) is 0.495. The van der Waals surface area contributed by atoms with Gasteiger partial charge >= 0.3 is 16.4 Å². The molecule has 0 fully saturated rings. The molecule has 0 aliphatic rings. The number of carbonyl (C=O) groups excluding carboxylic acids is 1. The lowest BCUT2D eigenvalue weighted by molar-refractivity contribution is -0.148. The van der Waals surface area contributed by atoms with Crippen LogP contribution in [0, 0.1) is 0 Å². The predicted octanol–water partition coefficient (Wildman–Crippen LogP) is -0.230. The maximum absolute atomic E-state index is 10.9. The molecule has 98 valence electrons. The average Bonchev–Trinajstić information content (AvgIpc) is 2.20. The van der Waals surface area contributed by atoms with Crippen LogP contribution in [0.1, 0.15) is 5.56 Å². The molecule has 0 aliphatic carbocycles. The molecule has 9 heteroatoms. The van der Waals surface area contributed by atoms with Crippen molar-refractivity contribution in [2.75, 3.05) is 0 Å². The van der Waals surface area contributed by atoms with Crippen LogP contribution >= 0.6 is 0 Å². The van der Waals surface area contributed by atoms with Crippen molar-refractivity contribution < 1.29 is 37.0 Å². The van der Waals surface area contributed by atoms with Crippen LogP contribution in [0.4, 0.5) is 0 Å². The van der Waals surface area contributed by atoms with E-state index in [1.54, 1.807) is 0 Å². The minimum atomic E-state index is -4.82. The van der Waals surface area contributed by atoms with Gasteiger partial charge in [0.25, 0.3) is 0 Å². The second-order valence-electron chi connectivity index (χ2n) is 3.22. The van der Waals surface area contributed by atoms with Crippen molar-refractivity contribution in [3.8, 4) is 11.5 Å². The van der Waals surface area contributed by atoms with Crippen molar-refractivity contribution >= 4 is 22.2 Å². The molecule has 0 saturated carbocycles. The van der Waals surface area contributed by atoms with E-state index in [0.717, 1.165) is 12.1 Å². The van der Waals surface area contributed by atoms with Crippen molar-refractivity contribution in [1.29, 1.82) is 0 Å². The minimum Gasteiger partial charge on any atom is -0.504 e. The van der Waals surface area contributed by atoms with E-state index in [-0.39, 0.29) is 5.56 Å². The van der Waals surface area contributed by atoms with Gasteiger partial charge in [0.1, 0.15) is 0 Å². The lowest BCUT2D eigenvalue weighted by Crippen LogP contribution is -2.15. The van der Waals surface area contributed by atoms with Gasteiger partial charge in [0.2, 0.25) is 5.78 Å². The Morgan fingerprint density at radius 1 is 1.28 bits per heavy atom. The maximum Gasteiger partial charge on any atom is 0.446 e. The second kappa shape index (κ2) is 5.02. The third-order valence-electron chi connectivity index (χ3n) is 1.82. The molecule has 3 N–H and O–H groups in total. The highest BCUT2D eigenvalue weighted by Crippen LogP contribution is 2.28. The van der Waals surface area contributed by atoms with Gasteiger partial charge in [0.05, 0.1) is 0 Å². The maximum atomic E-state index is 10.9. The largest absolute Gasteiger partial charge is 0.504 e. The number of aromatic hydroxyl groups is 1. The van der Waals surface area contributed by atoms with Crippen molar-refractivity contribution in [1.82, 2.24) is 0 Å². The topological polar surface area (TPSA) is 138 Å². The molecular formula is C9H8O8S. The van der Waals surface area contributed by atoms with Gasteiger partial charge in [0, 0.05) is 6.42 Å². The number of aliphatic carboxylic acids is 1. The summed E-state index contributed by atoms with van der Waals surface area (Å²) in [6.07, 6.45) is -0.503. The predicted molar refractivity (Wildman–Crippen MR) is 56.6 cm³/mol. The van der Waals surface area contributed by atoms with Crippen molar-refractivity contribution in [2.45, 2.75) is 6.42 Å². The number of carboxylic acids is 1. The number of phenolic OH excluding ortho intramolecular Hbond substituents is 1. The Morgan fingerprint density at radius 2 is 1.89 bits per heavy atom. The van der Waals surface area contributed by atoms with Crippen LogP contribution in [0.15, 0.2) is 18.2 Å². The Bertz CT molecular complexity index is 589. The van der Waals surface area contributed by atoms with Crippen LogP contribution in [-0.4, -0.2) is 34.9 Å². The monoisotopic (exact) mass is 276 g/mol. The number of hydrogen-bond donors (Lipinski definition) is 3. The van der Waals surface area contributed by atoms with Crippen LogP contribution in [0.2, 0.25) is 0 Å². The summed E-state index contributed by atoms with van der Waals surface area (Å²) >= 11 is 0. The molecule has 0 aliphatic heterocycles. The van der Waals surface area contributed by atoms with E-state index in [1.165, 1.54) is 6.07 Å². The molecule has 8 nitrogen and oxygen atoms in total. The highest BCUT2D eigenvalue weighted by Gasteiger charge is 2.16. The molecule has 0 unspecified atom stereocenters. The SMILES string of the molecule is O=C(O)C(=O)Cc1ccc(O)c(OS(=O)(=O)O)c1. The van der Waals surface area contributed by atoms with E-state index in [1.807, 2.05) is 0 Å². The first-order valence-corrected chi connectivity index (χ1v) is 5.80. The Morgan fingerprint density at radius 3 is 2.39 bits per heavy atom. The van der Waals surface area contributed by atoms with E-state index < -0.39 is 40.1 Å². The summed E-state index contributed by atoms with van der Waals surface area (Å²) in [5, 5.41) is 17.6. The molecule has 0 saturated heterocycles. The van der Waals surface area contributed by atoms with E-state index in [4.69, 9.17) is 9.66 Å². The molecule has 0 radical (unpaired) electrons. The zero-order valence-corrected chi connectivity index (χ0v) is 9.55. The normalized spacial score (nSPS) is 10.9. The number of carboxylic acid groups (broad SMARTS) is 1. The van der Waals surface area contributed by atoms with Crippen molar-refractivity contribution in [3.05, 3.63) is 23.8 Å². The summed E-state index contributed by atoms with van der Waals surface area (Å²) in [5.41, 5.74) is 0.110. The number of rotatable bonds is 5. The number of Topliss-reactive ketones (excluding diaryl/α,β-unsaturated/α-hetero) is 1. The zero-order valence-electron chi connectivity index (χ0n) is 8.73. The van der Waals surface area contributed by atoms with E-state index in [0.29, 0.717) is 0 Å². The molecule has 1 aromatic carbocycles. The van der Waals surface area contributed by atoms with Crippen molar-refractivity contribution in [3.63, 3.8) is 0 Å². The average molecular weight is 276 g/mol. The summed E-state index contributed by atoms with van der Waals surface area (Å²) in [6, 6.07) is 3.15. The number of benzene rings is 1. The molecule has 0 aromatic heterocycles. The summed E-state index contributed by atoms with van der Waals surface area (Å²) in [4.78, 5) is 21.2. The molecule has 1 rings (SSSR count). The lowest BCUT2D eigenvalue weighted by Gasteiger charge is -2.06. The van der Waals surface area contributed by atoms with Gasteiger partial charge in [-0.25, -0.2) is 4.79 Å². The minimum absolute atomic E-state index is 0.110. The standard InChI is InChI=1S/C9H8O8S/c10-6-2-1-5(3-7(11)9(12)13)4-8(6)17-18(14,15)16/h1-2,4,10H,3H2,(H,12,13)(H,14,15,16). The molecule has 18 heavy (non-hydrogen) atoms. The van der Waals surface area contributed by atoms with E-state index in [9.17, 15) is 23.1 Å². The number of phenols is 1. The first kappa shape index (κ1) is 13.9. The fourth-order valence-electron chi connectivity index (χ4n) is 1.11. The number of carbonyl (C=O) groups is 2. The van der Waals surface area contributed by atoms with E-state index in [2.05, 4.69) is 4.18 Å². The summed E-state index contributed by atoms with van der Waals surface area (Å²) < 4.78 is 33.4. The van der Waals surface area contributed by atoms with Gasteiger partial charge in [-0.3, -0.25) is 9.35 Å². The van der Waals surface area contributed by atoms with Crippen LogP contribution in [0.3, 0.4) is 0 Å². The van der Waals surface area contributed by atoms with Crippen LogP contribution in [-0.2, 0) is 26.4 Å². The Kier molecular flexibility index (Phi) is 3.89. The molecular weight excluding hydrogens is 268 g/mol. The van der Waals surface area contributed by atoms with Gasteiger partial charge in [-0.15, -0.1) is 0 Å². The summed E-state index contributed by atoms with van der Waals surface area (Å²) in [6.45, 7) is 0. The van der Waals surface area contributed by atoms with Gasteiger partial charge in [-0.1, -0.05) is 6.07 Å². The first-order chi connectivity index (χ1) is 8.19. The van der Waals surface area contributed by atoms with Crippen molar-refractivity contribution in [2.24, 2.45) is 0 Å². The third-order valence-corrected chi connectivity index (χ3v) is 2.21. The Hall–Kier alpha value is -2.13. The van der Waals surface area contributed by atoms with Crippen LogP contribution in [0.25, 0.3) is 0 Å².